The number of hydrogen-bond donors (Lipinski definition) is 2. The second-order valence-electron chi connectivity index (χ2n) is 11.0. The summed E-state index contributed by atoms with van der Waals surface area (Å²) in [5.74, 6) is -1.87. The van der Waals surface area contributed by atoms with Crippen molar-refractivity contribution in [3.05, 3.63) is 58.9 Å². The zero-order chi connectivity index (χ0) is 28.9. The van der Waals surface area contributed by atoms with Gasteiger partial charge < -0.3 is 19.9 Å². The molecule has 3 rings (SSSR count). The summed E-state index contributed by atoms with van der Waals surface area (Å²) in [6.45, 7) is 12.4. The number of aliphatic hydroxyl groups is 1. The lowest BCUT2D eigenvalue weighted by molar-refractivity contribution is -0.184. The average molecular weight is 537 g/mol. The Balaban J connectivity index is 2.08. The Morgan fingerprint density at radius 3 is 2.36 bits per heavy atom. The fourth-order valence-corrected chi connectivity index (χ4v) is 3.68. The molecule has 0 spiro atoms. The number of aromatic nitrogens is 1. The van der Waals surface area contributed by atoms with E-state index in [1.165, 1.54) is 18.2 Å². The van der Waals surface area contributed by atoms with E-state index in [0.29, 0.717) is 35.4 Å². The fourth-order valence-electron chi connectivity index (χ4n) is 3.68. The van der Waals surface area contributed by atoms with Gasteiger partial charge in [-0.05, 0) is 80.5 Å². The van der Waals surface area contributed by atoms with Crippen LogP contribution < -0.4 is 5.32 Å². The van der Waals surface area contributed by atoms with Crippen molar-refractivity contribution in [2.24, 2.45) is 17.3 Å². The minimum absolute atomic E-state index is 0.00289. The SMILES string of the molecule is C=Cc1cc(C=O)c(-c2ccc(C(=O)NCC3CC3)nc2C(=O)OC(OC(=O)C(C)(C)C)C(C)C)cc1CO. The molecule has 1 heterocycles. The van der Waals surface area contributed by atoms with Crippen LogP contribution in [0.25, 0.3) is 17.2 Å². The lowest BCUT2D eigenvalue weighted by Crippen LogP contribution is -2.34. The number of aliphatic hydroxyl groups excluding tert-OH is 1. The van der Waals surface area contributed by atoms with E-state index in [1.807, 2.05) is 0 Å². The van der Waals surface area contributed by atoms with Crippen LogP contribution in [0.4, 0.5) is 0 Å². The third-order valence-electron chi connectivity index (χ3n) is 6.29. The summed E-state index contributed by atoms with van der Waals surface area (Å²) in [4.78, 5) is 55.2. The van der Waals surface area contributed by atoms with E-state index < -0.39 is 29.6 Å². The van der Waals surface area contributed by atoms with E-state index in [2.05, 4.69) is 16.9 Å². The number of benzene rings is 1. The molecule has 9 nitrogen and oxygen atoms in total. The fraction of sp³-hybridized carbons (Fsp3) is 0.433. The van der Waals surface area contributed by atoms with Crippen molar-refractivity contribution in [1.29, 1.82) is 0 Å². The van der Waals surface area contributed by atoms with Crippen LogP contribution in [0.3, 0.4) is 0 Å². The Bertz CT molecular complexity index is 1270. The maximum Gasteiger partial charge on any atom is 0.360 e. The van der Waals surface area contributed by atoms with Gasteiger partial charge in [0.25, 0.3) is 5.91 Å². The van der Waals surface area contributed by atoms with Crippen molar-refractivity contribution in [3.63, 3.8) is 0 Å². The number of pyridine rings is 1. The lowest BCUT2D eigenvalue weighted by Gasteiger charge is -2.25. The number of nitrogens with zero attached hydrogens (tertiary/aromatic N) is 1. The molecule has 2 aromatic rings. The van der Waals surface area contributed by atoms with Crippen molar-refractivity contribution >= 4 is 30.2 Å². The molecule has 1 aliphatic rings. The van der Waals surface area contributed by atoms with Crippen LogP contribution in [0.5, 0.6) is 0 Å². The van der Waals surface area contributed by atoms with E-state index >= 15 is 0 Å². The first kappa shape index (κ1) is 29.7. The number of carbonyl (C=O) groups is 4. The number of rotatable bonds is 11. The van der Waals surface area contributed by atoms with Crippen LogP contribution in [0.1, 0.15) is 89.9 Å². The van der Waals surface area contributed by atoms with Crippen molar-refractivity contribution in [1.82, 2.24) is 10.3 Å². The average Bonchev–Trinajstić information content (AvgIpc) is 3.74. The van der Waals surface area contributed by atoms with E-state index in [1.54, 1.807) is 46.8 Å². The Hall–Kier alpha value is -3.85. The lowest BCUT2D eigenvalue weighted by atomic mass is 9.93. The molecule has 2 N–H and O–H groups in total. The van der Waals surface area contributed by atoms with Gasteiger partial charge in [-0.15, -0.1) is 0 Å². The van der Waals surface area contributed by atoms with Crippen LogP contribution in [-0.2, 0) is 20.9 Å². The number of aldehydes is 1. The summed E-state index contributed by atoms with van der Waals surface area (Å²) < 4.78 is 11.1. The topological polar surface area (TPSA) is 132 Å². The summed E-state index contributed by atoms with van der Waals surface area (Å²) in [5, 5.41) is 12.7. The molecule has 1 aliphatic carbocycles. The Kier molecular flexibility index (Phi) is 9.40. The highest BCUT2D eigenvalue weighted by Gasteiger charge is 2.32. The summed E-state index contributed by atoms with van der Waals surface area (Å²) in [6.07, 6.45) is 3.02. The highest BCUT2D eigenvalue weighted by atomic mass is 16.7. The number of nitrogens with one attached hydrogen (secondary N) is 1. The molecule has 208 valence electrons. The molecule has 0 bridgehead atoms. The number of carbonyl (C=O) groups excluding carboxylic acids is 4. The second-order valence-corrected chi connectivity index (χ2v) is 11.0. The van der Waals surface area contributed by atoms with E-state index in [9.17, 15) is 24.3 Å². The normalized spacial score (nSPS) is 13.9. The first-order valence-electron chi connectivity index (χ1n) is 13.0. The highest BCUT2D eigenvalue weighted by Crippen LogP contribution is 2.31. The summed E-state index contributed by atoms with van der Waals surface area (Å²) in [7, 11) is 0. The Morgan fingerprint density at radius 1 is 1.13 bits per heavy atom. The summed E-state index contributed by atoms with van der Waals surface area (Å²) >= 11 is 0. The van der Waals surface area contributed by atoms with Crippen LogP contribution >= 0.6 is 0 Å². The largest absolute Gasteiger partial charge is 0.424 e. The van der Waals surface area contributed by atoms with Gasteiger partial charge >= 0.3 is 11.9 Å². The predicted molar refractivity (Wildman–Crippen MR) is 146 cm³/mol. The molecule has 1 aromatic carbocycles. The van der Waals surface area contributed by atoms with Gasteiger partial charge in [-0.1, -0.05) is 26.5 Å². The van der Waals surface area contributed by atoms with Crippen molar-refractivity contribution in [3.8, 4) is 11.1 Å². The maximum atomic E-state index is 13.6. The van der Waals surface area contributed by atoms with E-state index in [0.717, 1.165) is 12.8 Å². The standard InChI is InChI=1S/C30H36N2O7/c1-7-19-12-21(16-34)23(13-20(19)15-33)22-10-11-24(26(35)31-14-18-8-9-18)32-25(22)27(36)38-28(17(2)3)39-29(37)30(4,5)6/h7,10-13,16-18,28,33H,1,8-9,14-15H2,2-6H3,(H,31,35). The van der Waals surface area contributed by atoms with Crippen molar-refractivity contribution < 1.29 is 33.8 Å². The smallest absolute Gasteiger partial charge is 0.360 e. The van der Waals surface area contributed by atoms with Gasteiger partial charge in [-0.25, -0.2) is 9.78 Å². The molecule has 0 radical (unpaired) electrons. The quantitative estimate of drug-likeness (QED) is 0.243. The molecule has 1 fully saturated rings. The minimum atomic E-state index is -1.21. The predicted octanol–water partition coefficient (Wildman–Crippen LogP) is 4.56. The number of amides is 1. The first-order chi connectivity index (χ1) is 18.4. The molecule has 39 heavy (non-hydrogen) atoms. The monoisotopic (exact) mass is 536 g/mol. The van der Waals surface area contributed by atoms with Crippen molar-refractivity contribution in [2.45, 2.75) is 60.4 Å². The van der Waals surface area contributed by atoms with Gasteiger partial charge in [0.1, 0.15) is 5.69 Å². The van der Waals surface area contributed by atoms with E-state index in [4.69, 9.17) is 9.47 Å². The number of ether oxygens (including phenoxy) is 2. The van der Waals surface area contributed by atoms with Gasteiger partial charge in [0, 0.05) is 23.6 Å². The minimum Gasteiger partial charge on any atom is -0.424 e. The highest BCUT2D eigenvalue weighted by molar-refractivity contribution is 6.01. The van der Waals surface area contributed by atoms with Crippen LogP contribution in [0, 0.1) is 17.3 Å². The molecule has 1 atom stereocenters. The molecular formula is C30H36N2O7. The number of hydrogen-bond acceptors (Lipinski definition) is 8. The summed E-state index contributed by atoms with van der Waals surface area (Å²) in [5.41, 5.74) is 0.744. The van der Waals surface area contributed by atoms with Gasteiger partial charge in [-0.2, -0.15) is 0 Å². The van der Waals surface area contributed by atoms with Gasteiger partial charge in [0.15, 0.2) is 12.0 Å². The molecule has 0 saturated heterocycles. The maximum absolute atomic E-state index is 13.6. The van der Waals surface area contributed by atoms with Crippen molar-refractivity contribution in [2.75, 3.05) is 6.54 Å². The van der Waals surface area contributed by atoms with Crippen LogP contribution in [-0.4, -0.2) is 47.1 Å². The molecule has 1 unspecified atom stereocenters. The molecule has 0 aliphatic heterocycles. The molecule has 9 heteroatoms. The molecule has 1 amide bonds. The third-order valence-corrected chi connectivity index (χ3v) is 6.29. The zero-order valence-corrected chi connectivity index (χ0v) is 23.1. The van der Waals surface area contributed by atoms with Crippen LogP contribution in [0.15, 0.2) is 30.8 Å². The Morgan fingerprint density at radius 2 is 1.82 bits per heavy atom. The van der Waals surface area contributed by atoms with Gasteiger partial charge in [0.2, 0.25) is 6.29 Å². The second kappa shape index (κ2) is 12.3. The number of esters is 2. The van der Waals surface area contributed by atoms with Crippen LogP contribution in [0.2, 0.25) is 0 Å². The first-order valence-corrected chi connectivity index (χ1v) is 13.0. The molecule has 1 aromatic heterocycles. The Labute approximate surface area is 228 Å². The zero-order valence-electron chi connectivity index (χ0n) is 23.1. The van der Waals surface area contributed by atoms with Gasteiger partial charge in [0.05, 0.1) is 12.0 Å². The molecular weight excluding hydrogens is 500 g/mol. The summed E-state index contributed by atoms with van der Waals surface area (Å²) in [6, 6.07) is 6.09. The van der Waals surface area contributed by atoms with E-state index in [-0.39, 0.29) is 35.0 Å². The third kappa shape index (κ3) is 7.38. The molecule has 1 saturated carbocycles. The van der Waals surface area contributed by atoms with Gasteiger partial charge in [-0.3, -0.25) is 14.4 Å².